The number of amides is 1. The number of halogens is 1. The van der Waals surface area contributed by atoms with E-state index >= 15 is 0 Å². The number of hydrogen-bond acceptors (Lipinski definition) is 2. The number of fused-ring (bicyclic) bond motifs is 2. The van der Waals surface area contributed by atoms with Crippen LogP contribution in [0.2, 0.25) is 0 Å². The van der Waals surface area contributed by atoms with Crippen molar-refractivity contribution in [2.24, 2.45) is 5.73 Å². The Bertz CT molecular complexity index is 889. The summed E-state index contributed by atoms with van der Waals surface area (Å²) in [4.78, 5) is 15.8. The number of aromatic nitrogens is 1. The molecule has 1 unspecified atom stereocenters. The molecule has 1 aliphatic carbocycles. The molecule has 0 fully saturated rings. The number of carbonyl (C=O) groups excluding carboxylic acids is 1. The predicted octanol–water partition coefficient (Wildman–Crippen LogP) is 3.26. The molecular weight excluding hydrogens is 334 g/mol. The van der Waals surface area contributed by atoms with Gasteiger partial charge in [0.15, 0.2) is 0 Å². The minimum atomic E-state index is -0.544. The molecule has 25 heavy (non-hydrogen) atoms. The number of rotatable bonds is 4. The summed E-state index contributed by atoms with van der Waals surface area (Å²) in [6, 6.07) is 15.9. The number of aromatic amines is 1. The first-order valence-corrected chi connectivity index (χ1v) is 8.41. The summed E-state index contributed by atoms with van der Waals surface area (Å²) in [6.45, 7) is 0. The molecule has 0 saturated carbocycles. The summed E-state index contributed by atoms with van der Waals surface area (Å²) in [5.74, 6) is -0.0815. The molecule has 0 saturated heterocycles. The van der Waals surface area contributed by atoms with Gasteiger partial charge in [0.1, 0.15) is 0 Å². The van der Waals surface area contributed by atoms with Crippen molar-refractivity contribution in [2.75, 3.05) is 0 Å². The number of nitrogens with two attached hydrogens (primary N) is 1. The maximum Gasteiger partial charge on any atom is 0.237 e. The highest BCUT2D eigenvalue weighted by Gasteiger charge is 2.25. The summed E-state index contributed by atoms with van der Waals surface area (Å²) in [5.41, 5.74) is 10.9. The van der Waals surface area contributed by atoms with Crippen molar-refractivity contribution in [1.29, 1.82) is 0 Å². The number of hydrogen-bond donors (Lipinski definition) is 3. The first-order chi connectivity index (χ1) is 11.7. The minimum absolute atomic E-state index is 0. The summed E-state index contributed by atoms with van der Waals surface area (Å²) in [6.07, 6.45) is 4.44. The summed E-state index contributed by atoms with van der Waals surface area (Å²) in [5, 5.41) is 4.25. The lowest BCUT2D eigenvalue weighted by Gasteiger charge is -2.17. The van der Waals surface area contributed by atoms with Crippen LogP contribution < -0.4 is 11.1 Å². The number of H-pyrrole nitrogens is 1. The van der Waals surface area contributed by atoms with Crippen molar-refractivity contribution in [1.82, 2.24) is 10.3 Å². The van der Waals surface area contributed by atoms with Crippen molar-refractivity contribution in [3.63, 3.8) is 0 Å². The molecule has 130 valence electrons. The van der Waals surface area contributed by atoms with E-state index in [0.29, 0.717) is 6.42 Å². The molecule has 0 aliphatic heterocycles. The van der Waals surface area contributed by atoms with E-state index in [2.05, 4.69) is 28.5 Å². The summed E-state index contributed by atoms with van der Waals surface area (Å²) in [7, 11) is 0. The Labute approximate surface area is 153 Å². The zero-order valence-corrected chi connectivity index (χ0v) is 14.7. The van der Waals surface area contributed by atoms with Crippen molar-refractivity contribution in [3.8, 4) is 0 Å². The highest BCUT2D eigenvalue weighted by atomic mass is 35.5. The van der Waals surface area contributed by atoms with Crippen molar-refractivity contribution < 1.29 is 4.79 Å². The maximum atomic E-state index is 12.5. The lowest BCUT2D eigenvalue weighted by Crippen LogP contribution is -2.43. The van der Waals surface area contributed by atoms with Crippen LogP contribution in [0.4, 0.5) is 0 Å². The molecule has 0 spiro atoms. The van der Waals surface area contributed by atoms with Gasteiger partial charge in [-0.25, -0.2) is 0 Å². The van der Waals surface area contributed by atoms with Crippen LogP contribution in [0.3, 0.4) is 0 Å². The topological polar surface area (TPSA) is 70.9 Å². The van der Waals surface area contributed by atoms with Crippen LogP contribution in [-0.4, -0.2) is 16.9 Å². The van der Waals surface area contributed by atoms with Crippen LogP contribution in [0.25, 0.3) is 10.9 Å². The molecule has 2 aromatic carbocycles. The van der Waals surface area contributed by atoms with Crippen LogP contribution in [0, 0.1) is 0 Å². The molecule has 0 radical (unpaired) electrons. The zero-order valence-electron chi connectivity index (χ0n) is 13.9. The molecule has 1 amide bonds. The lowest BCUT2D eigenvalue weighted by atomic mass is 10.0. The Kier molecular flexibility index (Phi) is 5.11. The van der Waals surface area contributed by atoms with Gasteiger partial charge < -0.3 is 16.0 Å². The van der Waals surface area contributed by atoms with E-state index in [1.807, 2.05) is 36.5 Å². The first-order valence-electron chi connectivity index (χ1n) is 8.41. The van der Waals surface area contributed by atoms with Crippen LogP contribution in [-0.2, 0) is 17.6 Å². The van der Waals surface area contributed by atoms with E-state index in [4.69, 9.17) is 5.73 Å². The maximum absolute atomic E-state index is 12.5. The molecular formula is C20H22ClN3O. The zero-order chi connectivity index (χ0) is 16.5. The fourth-order valence-electron chi connectivity index (χ4n) is 3.62. The third kappa shape index (κ3) is 3.41. The van der Waals surface area contributed by atoms with Gasteiger partial charge in [-0.15, -0.1) is 12.4 Å². The van der Waals surface area contributed by atoms with Crippen LogP contribution >= 0.6 is 12.4 Å². The van der Waals surface area contributed by atoms with Gasteiger partial charge in [0.05, 0.1) is 12.1 Å². The van der Waals surface area contributed by atoms with E-state index in [-0.39, 0.29) is 24.4 Å². The molecule has 2 atom stereocenters. The van der Waals surface area contributed by atoms with Gasteiger partial charge in [-0.05, 0) is 42.0 Å². The Balaban J connectivity index is 0.00000182. The highest BCUT2D eigenvalue weighted by Crippen LogP contribution is 2.30. The average molecular weight is 356 g/mol. The number of aryl methyl sites for hydroxylation is 1. The number of benzene rings is 2. The smallest absolute Gasteiger partial charge is 0.237 e. The first kappa shape index (κ1) is 17.5. The molecule has 0 bridgehead atoms. The van der Waals surface area contributed by atoms with E-state index in [9.17, 15) is 4.79 Å². The van der Waals surface area contributed by atoms with E-state index in [0.717, 1.165) is 29.3 Å². The standard InChI is InChI=1S/C20H21N3O.ClH/c21-17(11-14-12-22-18-8-4-3-7-16(14)18)20(24)23-19-10-9-13-5-1-2-6-15(13)19;/h1-8,12,17,19,22H,9-11,21H2,(H,23,24);1H/t17-,19?;/m0./s1. The number of nitrogens with one attached hydrogen (secondary N) is 2. The molecule has 4 rings (SSSR count). The van der Waals surface area contributed by atoms with Crippen LogP contribution in [0.1, 0.15) is 29.2 Å². The molecule has 3 aromatic rings. The van der Waals surface area contributed by atoms with Gasteiger partial charge in [0.2, 0.25) is 5.91 Å². The van der Waals surface area contributed by atoms with Gasteiger partial charge in [-0.2, -0.15) is 0 Å². The Morgan fingerprint density at radius 3 is 2.84 bits per heavy atom. The largest absolute Gasteiger partial charge is 0.361 e. The quantitative estimate of drug-likeness (QED) is 0.672. The third-order valence-corrected chi connectivity index (χ3v) is 4.90. The molecule has 1 heterocycles. The molecule has 4 nitrogen and oxygen atoms in total. The SMILES string of the molecule is Cl.N[C@@H](Cc1c[nH]c2ccccc12)C(=O)NC1CCc2ccccc21. The molecule has 1 aromatic heterocycles. The Hall–Kier alpha value is -2.30. The number of carbonyl (C=O) groups is 1. The third-order valence-electron chi connectivity index (χ3n) is 4.90. The Morgan fingerprint density at radius 2 is 1.96 bits per heavy atom. The lowest BCUT2D eigenvalue weighted by molar-refractivity contribution is -0.123. The van der Waals surface area contributed by atoms with E-state index in [1.165, 1.54) is 11.1 Å². The van der Waals surface area contributed by atoms with Gasteiger partial charge in [-0.1, -0.05) is 42.5 Å². The van der Waals surface area contributed by atoms with Crippen molar-refractivity contribution >= 4 is 29.2 Å². The fourth-order valence-corrected chi connectivity index (χ4v) is 3.62. The van der Waals surface area contributed by atoms with E-state index < -0.39 is 6.04 Å². The second kappa shape index (κ2) is 7.30. The molecule has 5 heteroatoms. The second-order valence-corrected chi connectivity index (χ2v) is 6.47. The fraction of sp³-hybridized carbons (Fsp3) is 0.250. The second-order valence-electron chi connectivity index (χ2n) is 6.47. The van der Waals surface area contributed by atoms with E-state index in [1.54, 1.807) is 0 Å². The summed E-state index contributed by atoms with van der Waals surface area (Å²) < 4.78 is 0. The van der Waals surface area contributed by atoms with Crippen molar-refractivity contribution in [3.05, 3.63) is 71.4 Å². The highest BCUT2D eigenvalue weighted by molar-refractivity contribution is 5.86. The van der Waals surface area contributed by atoms with Gasteiger partial charge in [0.25, 0.3) is 0 Å². The average Bonchev–Trinajstić information content (AvgIpc) is 3.20. The monoisotopic (exact) mass is 355 g/mol. The van der Waals surface area contributed by atoms with Crippen LogP contribution in [0.5, 0.6) is 0 Å². The minimum Gasteiger partial charge on any atom is -0.361 e. The van der Waals surface area contributed by atoms with Crippen molar-refractivity contribution in [2.45, 2.75) is 31.3 Å². The predicted molar refractivity (Wildman–Crippen MR) is 103 cm³/mol. The molecule has 4 N–H and O–H groups in total. The van der Waals surface area contributed by atoms with Gasteiger partial charge >= 0.3 is 0 Å². The normalized spacial score (nSPS) is 16.9. The Morgan fingerprint density at radius 1 is 1.20 bits per heavy atom. The molecule has 1 aliphatic rings. The summed E-state index contributed by atoms with van der Waals surface area (Å²) >= 11 is 0. The van der Waals surface area contributed by atoms with Gasteiger partial charge in [0, 0.05) is 17.1 Å². The van der Waals surface area contributed by atoms with Gasteiger partial charge in [-0.3, -0.25) is 4.79 Å². The number of para-hydroxylation sites is 1. The van der Waals surface area contributed by atoms with Crippen LogP contribution in [0.15, 0.2) is 54.7 Å².